The van der Waals surface area contributed by atoms with Gasteiger partial charge in [0.1, 0.15) is 11.5 Å². The van der Waals surface area contributed by atoms with Crippen molar-refractivity contribution in [3.05, 3.63) is 52.8 Å². The first-order valence-electron chi connectivity index (χ1n) is 7.69. The van der Waals surface area contributed by atoms with Gasteiger partial charge < -0.3 is 18.4 Å². The third-order valence-corrected chi connectivity index (χ3v) is 4.45. The van der Waals surface area contributed by atoms with Crippen LogP contribution in [0, 0.1) is 6.92 Å². The van der Waals surface area contributed by atoms with Gasteiger partial charge in [-0.3, -0.25) is 4.79 Å². The van der Waals surface area contributed by atoms with Crippen LogP contribution < -0.4 is 18.4 Å². The number of allylic oxidation sites excluding steroid dienone is 1. The van der Waals surface area contributed by atoms with E-state index in [1.807, 2.05) is 0 Å². The van der Waals surface area contributed by atoms with Crippen LogP contribution in [0.1, 0.15) is 21.5 Å². The van der Waals surface area contributed by atoms with Crippen molar-refractivity contribution in [3.8, 4) is 23.0 Å². The molecule has 2 aliphatic rings. The fraction of sp³-hybridized carbons (Fsp3) is 0.167. The Hall–Kier alpha value is -3.00. The van der Waals surface area contributed by atoms with E-state index in [1.54, 1.807) is 31.2 Å². The highest BCUT2D eigenvalue weighted by Crippen LogP contribution is 2.40. The minimum atomic E-state index is -3.68. The summed E-state index contributed by atoms with van der Waals surface area (Å²) in [4.78, 5) is 12.6. The van der Waals surface area contributed by atoms with E-state index < -0.39 is 10.1 Å². The van der Waals surface area contributed by atoms with Crippen molar-refractivity contribution in [1.29, 1.82) is 0 Å². The number of benzene rings is 2. The van der Waals surface area contributed by atoms with Gasteiger partial charge in [0.25, 0.3) is 0 Å². The van der Waals surface area contributed by atoms with Crippen molar-refractivity contribution in [1.82, 2.24) is 0 Å². The first-order valence-corrected chi connectivity index (χ1v) is 9.50. The average Bonchev–Trinajstić information content (AvgIpc) is 3.15. The maximum atomic E-state index is 12.6. The fourth-order valence-electron chi connectivity index (χ4n) is 2.78. The summed E-state index contributed by atoms with van der Waals surface area (Å²) in [5.74, 6) is 1.52. The lowest BCUT2D eigenvalue weighted by molar-refractivity contribution is 0.101. The Labute approximate surface area is 149 Å². The fourth-order valence-corrected chi connectivity index (χ4v) is 3.28. The van der Waals surface area contributed by atoms with Crippen LogP contribution in [0.5, 0.6) is 23.0 Å². The van der Waals surface area contributed by atoms with E-state index in [9.17, 15) is 13.2 Å². The van der Waals surface area contributed by atoms with E-state index >= 15 is 0 Å². The molecule has 8 heteroatoms. The van der Waals surface area contributed by atoms with Crippen LogP contribution in [0.2, 0.25) is 0 Å². The first-order chi connectivity index (χ1) is 12.3. The smallest absolute Gasteiger partial charge is 0.306 e. The number of Topliss-reactive ketones (excluding diaryl/α,β-unsaturated/α-hetero) is 1. The second-order valence-corrected chi connectivity index (χ2v) is 7.48. The summed E-state index contributed by atoms with van der Waals surface area (Å²) in [5, 5.41) is 0. The number of rotatable bonds is 3. The van der Waals surface area contributed by atoms with E-state index in [0.717, 1.165) is 11.8 Å². The largest absolute Gasteiger partial charge is 0.454 e. The lowest BCUT2D eigenvalue weighted by atomic mass is 10.1. The molecule has 0 fully saturated rings. The van der Waals surface area contributed by atoms with Crippen LogP contribution in [0.4, 0.5) is 0 Å². The highest BCUT2D eigenvalue weighted by atomic mass is 32.2. The van der Waals surface area contributed by atoms with Gasteiger partial charge in [-0.1, -0.05) is 6.07 Å². The van der Waals surface area contributed by atoms with Gasteiger partial charge in [0.05, 0.1) is 11.8 Å². The minimum Gasteiger partial charge on any atom is -0.454 e. The summed E-state index contributed by atoms with van der Waals surface area (Å²) >= 11 is 0. The number of fused-ring (bicyclic) bond motifs is 2. The lowest BCUT2D eigenvalue weighted by Crippen LogP contribution is -2.07. The summed E-state index contributed by atoms with van der Waals surface area (Å²) in [6.07, 6.45) is 2.55. The molecule has 2 aliphatic heterocycles. The molecule has 0 aliphatic carbocycles. The normalized spacial score (nSPS) is 16.5. The average molecular weight is 374 g/mol. The van der Waals surface area contributed by atoms with Crippen molar-refractivity contribution < 1.29 is 31.6 Å². The topological polar surface area (TPSA) is 88.1 Å². The quantitative estimate of drug-likeness (QED) is 0.603. The van der Waals surface area contributed by atoms with Crippen molar-refractivity contribution in [2.75, 3.05) is 13.0 Å². The molecule has 2 aromatic carbocycles. The van der Waals surface area contributed by atoms with Gasteiger partial charge >= 0.3 is 10.1 Å². The van der Waals surface area contributed by atoms with Crippen LogP contribution in [0.15, 0.2) is 36.1 Å². The van der Waals surface area contributed by atoms with Crippen LogP contribution >= 0.6 is 0 Å². The molecule has 0 bridgehead atoms. The third-order valence-electron chi connectivity index (χ3n) is 3.97. The van der Waals surface area contributed by atoms with Crippen LogP contribution in [0.3, 0.4) is 0 Å². The van der Waals surface area contributed by atoms with Gasteiger partial charge in [-0.15, -0.1) is 0 Å². The lowest BCUT2D eigenvalue weighted by Gasteiger charge is -2.09. The summed E-state index contributed by atoms with van der Waals surface area (Å²) < 4.78 is 43.9. The Morgan fingerprint density at radius 2 is 1.88 bits per heavy atom. The predicted octanol–water partition coefficient (Wildman–Crippen LogP) is 2.68. The molecule has 0 aromatic heterocycles. The summed E-state index contributed by atoms with van der Waals surface area (Å²) in [6, 6.07) is 8.22. The van der Waals surface area contributed by atoms with Crippen LogP contribution in [-0.4, -0.2) is 27.2 Å². The van der Waals surface area contributed by atoms with Gasteiger partial charge in [-0.05, 0) is 42.8 Å². The number of ether oxygens (including phenoxy) is 3. The molecule has 0 N–H and O–H groups in total. The second-order valence-electron chi connectivity index (χ2n) is 5.91. The van der Waals surface area contributed by atoms with Crippen molar-refractivity contribution >= 4 is 22.0 Å². The maximum Gasteiger partial charge on any atom is 0.306 e. The van der Waals surface area contributed by atoms with Crippen LogP contribution in [0.25, 0.3) is 6.08 Å². The zero-order valence-corrected chi connectivity index (χ0v) is 14.8. The van der Waals surface area contributed by atoms with E-state index in [1.165, 1.54) is 12.1 Å². The number of carbonyl (C=O) groups excluding carboxylic acids is 1. The van der Waals surface area contributed by atoms with Gasteiger partial charge in [0.2, 0.25) is 12.6 Å². The van der Waals surface area contributed by atoms with Crippen molar-refractivity contribution in [2.45, 2.75) is 6.92 Å². The minimum absolute atomic E-state index is 0.128. The first kappa shape index (κ1) is 16.5. The molecule has 0 atom stereocenters. The molecule has 0 spiro atoms. The Morgan fingerprint density at radius 3 is 2.65 bits per heavy atom. The van der Waals surface area contributed by atoms with Crippen molar-refractivity contribution in [2.24, 2.45) is 0 Å². The Morgan fingerprint density at radius 1 is 1.12 bits per heavy atom. The molecular formula is C18H14O7S. The molecule has 0 saturated carbocycles. The van der Waals surface area contributed by atoms with Gasteiger partial charge in [-0.25, -0.2) is 0 Å². The summed E-state index contributed by atoms with van der Waals surface area (Å²) in [5.41, 5.74) is 1.52. The molecule has 4 rings (SSSR count). The SMILES string of the molecule is Cc1c(OS(C)(=O)=O)ccc2c1O/C(=C\c1ccc3c(c1)OCO3)C2=O. The van der Waals surface area contributed by atoms with Crippen molar-refractivity contribution in [3.63, 3.8) is 0 Å². The number of carbonyl (C=O) groups is 1. The standard InChI is InChI=1S/C18H14O7S/c1-10-13(25-26(2,20)21)6-4-12-17(19)16(24-18(10)12)8-11-3-5-14-15(7-11)23-9-22-14/h3-8H,9H2,1-2H3/b16-8-. The summed E-state index contributed by atoms with van der Waals surface area (Å²) in [6.45, 7) is 1.80. The molecule has 0 saturated heterocycles. The maximum absolute atomic E-state index is 12.6. The zero-order chi connectivity index (χ0) is 18.5. The highest BCUT2D eigenvalue weighted by molar-refractivity contribution is 7.86. The number of hydrogen-bond donors (Lipinski definition) is 0. The molecule has 0 radical (unpaired) electrons. The molecule has 134 valence electrons. The Kier molecular flexibility index (Phi) is 3.66. The molecular weight excluding hydrogens is 360 g/mol. The van der Waals surface area contributed by atoms with Crippen LogP contribution in [-0.2, 0) is 10.1 Å². The third kappa shape index (κ3) is 2.88. The van der Waals surface area contributed by atoms with Gasteiger partial charge in [0, 0.05) is 5.56 Å². The van der Waals surface area contributed by atoms with E-state index in [0.29, 0.717) is 28.4 Å². The molecule has 26 heavy (non-hydrogen) atoms. The molecule has 2 heterocycles. The molecule has 7 nitrogen and oxygen atoms in total. The zero-order valence-electron chi connectivity index (χ0n) is 13.9. The number of ketones is 1. The second kappa shape index (κ2) is 5.77. The summed E-state index contributed by atoms with van der Waals surface area (Å²) in [7, 11) is -3.68. The molecule has 0 unspecified atom stereocenters. The predicted molar refractivity (Wildman–Crippen MR) is 92.2 cm³/mol. The molecule has 0 amide bonds. The van der Waals surface area contributed by atoms with E-state index in [-0.39, 0.29) is 24.1 Å². The van der Waals surface area contributed by atoms with Gasteiger partial charge in [-0.2, -0.15) is 8.42 Å². The number of hydrogen-bond acceptors (Lipinski definition) is 7. The Bertz CT molecular complexity index is 1070. The highest BCUT2D eigenvalue weighted by Gasteiger charge is 2.30. The Balaban J connectivity index is 1.68. The van der Waals surface area contributed by atoms with E-state index in [2.05, 4.69) is 0 Å². The van der Waals surface area contributed by atoms with Gasteiger partial charge in [0.15, 0.2) is 17.3 Å². The monoisotopic (exact) mass is 374 g/mol. The van der Waals surface area contributed by atoms with E-state index in [4.69, 9.17) is 18.4 Å². The molecule has 2 aromatic rings.